The molecular formula is C18H22N4O3S2. The molecule has 2 aromatic rings. The SMILES string of the molecule is Cc1ccc(S(=O)(=O)N2CCC(C(=O)Nc3nnc(C4CC4)s3)CC2)cc1. The van der Waals surface area contributed by atoms with Gasteiger partial charge in [-0.2, -0.15) is 4.31 Å². The lowest BCUT2D eigenvalue weighted by Crippen LogP contribution is -2.41. The molecule has 7 nitrogen and oxygen atoms in total. The highest BCUT2D eigenvalue weighted by Crippen LogP contribution is 2.42. The highest BCUT2D eigenvalue weighted by Gasteiger charge is 2.33. The molecule has 2 aliphatic rings. The maximum atomic E-state index is 12.7. The van der Waals surface area contributed by atoms with E-state index in [1.165, 1.54) is 15.6 Å². The fourth-order valence-corrected chi connectivity index (χ4v) is 5.59. The van der Waals surface area contributed by atoms with Crippen molar-refractivity contribution in [1.29, 1.82) is 0 Å². The van der Waals surface area contributed by atoms with Crippen LogP contribution >= 0.6 is 11.3 Å². The number of carbonyl (C=O) groups is 1. The van der Waals surface area contributed by atoms with Gasteiger partial charge in [0.1, 0.15) is 5.01 Å². The summed E-state index contributed by atoms with van der Waals surface area (Å²) in [5.74, 6) is 0.215. The van der Waals surface area contributed by atoms with E-state index in [9.17, 15) is 13.2 Å². The van der Waals surface area contributed by atoms with Crippen molar-refractivity contribution in [3.63, 3.8) is 0 Å². The van der Waals surface area contributed by atoms with E-state index >= 15 is 0 Å². The van der Waals surface area contributed by atoms with Crippen LogP contribution in [0.15, 0.2) is 29.2 Å². The second kappa shape index (κ2) is 7.29. The van der Waals surface area contributed by atoms with Gasteiger partial charge in [-0.05, 0) is 44.7 Å². The minimum absolute atomic E-state index is 0.0964. The maximum absolute atomic E-state index is 12.7. The summed E-state index contributed by atoms with van der Waals surface area (Å²) >= 11 is 1.44. The Morgan fingerprint density at radius 3 is 2.41 bits per heavy atom. The van der Waals surface area contributed by atoms with Gasteiger partial charge in [-0.25, -0.2) is 8.42 Å². The third-order valence-electron chi connectivity index (χ3n) is 5.08. The van der Waals surface area contributed by atoms with Crippen LogP contribution in [0.25, 0.3) is 0 Å². The molecular weight excluding hydrogens is 384 g/mol. The maximum Gasteiger partial charge on any atom is 0.243 e. The predicted molar refractivity (Wildman–Crippen MR) is 103 cm³/mol. The second-order valence-corrected chi connectivity index (χ2v) is 10.1. The summed E-state index contributed by atoms with van der Waals surface area (Å²) < 4.78 is 27.0. The number of aryl methyl sites for hydroxylation is 1. The van der Waals surface area contributed by atoms with Gasteiger partial charge in [0.15, 0.2) is 0 Å². The second-order valence-electron chi connectivity index (χ2n) is 7.20. The zero-order valence-electron chi connectivity index (χ0n) is 15.1. The lowest BCUT2D eigenvalue weighted by molar-refractivity contribution is -0.120. The van der Waals surface area contributed by atoms with E-state index in [2.05, 4.69) is 15.5 Å². The number of nitrogens with one attached hydrogen (secondary N) is 1. The number of carbonyl (C=O) groups excluding carboxylic acids is 1. The molecule has 2 heterocycles. The number of hydrogen-bond acceptors (Lipinski definition) is 6. The summed E-state index contributed by atoms with van der Waals surface area (Å²) in [6.45, 7) is 2.61. The number of anilines is 1. The first-order valence-corrected chi connectivity index (χ1v) is 11.4. The molecule has 9 heteroatoms. The van der Waals surface area contributed by atoms with Crippen LogP contribution in [0, 0.1) is 12.8 Å². The first-order valence-electron chi connectivity index (χ1n) is 9.14. The minimum Gasteiger partial charge on any atom is -0.300 e. The van der Waals surface area contributed by atoms with Crippen LogP contribution in [0.3, 0.4) is 0 Å². The van der Waals surface area contributed by atoms with E-state index in [1.54, 1.807) is 24.3 Å². The molecule has 2 fully saturated rings. The molecule has 1 aliphatic carbocycles. The van der Waals surface area contributed by atoms with Crippen LogP contribution < -0.4 is 5.32 Å². The average Bonchev–Trinajstić information content (AvgIpc) is 3.42. The van der Waals surface area contributed by atoms with Gasteiger partial charge in [-0.1, -0.05) is 29.0 Å². The van der Waals surface area contributed by atoms with E-state index in [4.69, 9.17) is 0 Å². The third kappa shape index (κ3) is 4.04. The van der Waals surface area contributed by atoms with Crippen molar-refractivity contribution in [2.45, 2.75) is 43.4 Å². The Morgan fingerprint density at radius 2 is 1.78 bits per heavy atom. The topological polar surface area (TPSA) is 92.3 Å². The summed E-state index contributed by atoms with van der Waals surface area (Å²) in [4.78, 5) is 12.8. The standard InChI is InChI=1S/C18H22N4O3S2/c1-12-2-6-15(7-3-12)27(24,25)22-10-8-13(9-11-22)16(23)19-18-21-20-17(26-18)14-4-5-14/h2-3,6-7,13-14H,4-5,8-11H2,1H3,(H,19,21,23). The van der Waals surface area contributed by atoms with Gasteiger partial charge in [0.05, 0.1) is 4.90 Å². The molecule has 0 unspecified atom stereocenters. The summed E-state index contributed by atoms with van der Waals surface area (Å²) in [5, 5.41) is 12.5. The molecule has 1 N–H and O–H groups in total. The molecule has 1 saturated carbocycles. The molecule has 1 amide bonds. The van der Waals surface area contributed by atoms with E-state index < -0.39 is 10.0 Å². The van der Waals surface area contributed by atoms with Crippen molar-refractivity contribution in [3.05, 3.63) is 34.8 Å². The van der Waals surface area contributed by atoms with Crippen LogP contribution in [0.1, 0.15) is 42.2 Å². The Labute approximate surface area is 162 Å². The monoisotopic (exact) mass is 406 g/mol. The largest absolute Gasteiger partial charge is 0.300 e. The molecule has 144 valence electrons. The van der Waals surface area contributed by atoms with Crippen LogP contribution in [-0.4, -0.2) is 41.9 Å². The van der Waals surface area contributed by atoms with Gasteiger partial charge in [0, 0.05) is 24.9 Å². The Bertz CT molecular complexity index is 928. The highest BCUT2D eigenvalue weighted by molar-refractivity contribution is 7.89. The van der Waals surface area contributed by atoms with E-state index in [0.717, 1.165) is 23.4 Å². The van der Waals surface area contributed by atoms with E-state index in [1.807, 2.05) is 6.92 Å². The van der Waals surface area contributed by atoms with Crippen LogP contribution in [0.5, 0.6) is 0 Å². The van der Waals surface area contributed by atoms with Crippen LogP contribution in [0.4, 0.5) is 5.13 Å². The number of piperidine rings is 1. The average molecular weight is 407 g/mol. The zero-order valence-corrected chi connectivity index (χ0v) is 16.7. The summed E-state index contributed by atoms with van der Waals surface area (Å²) in [7, 11) is -3.50. The van der Waals surface area contributed by atoms with E-state index in [-0.39, 0.29) is 11.8 Å². The lowest BCUT2D eigenvalue weighted by atomic mass is 9.97. The Hall–Kier alpha value is -1.84. The molecule has 0 atom stereocenters. The molecule has 4 rings (SSSR count). The molecule has 1 saturated heterocycles. The van der Waals surface area contributed by atoms with Gasteiger partial charge in [0.25, 0.3) is 0 Å². The quantitative estimate of drug-likeness (QED) is 0.824. The van der Waals surface area contributed by atoms with Crippen LogP contribution in [-0.2, 0) is 14.8 Å². The molecule has 1 aromatic heterocycles. The van der Waals surface area contributed by atoms with Gasteiger partial charge in [-0.3, -0.25) is 4.79 Å². The molecule has 0 spiro atoms. The predicted octanol–water partition coefficient (Wildman–Crippen LogP) is 2.76. The molecule has 27 heavy (non-hydrogen) atoms. The first kappa shape index (κ1) is 18.5. The minimum atomic E-state index is -3.50. The highest BCUT2D eigenvalue weighted by atomic mass is 32.2. The van der Waals surface area contributed by atoms with Gasteiger partial charge < -0.3 is 5.32 Å². The fourth-order valence-electron chi connectivity index (χ4n) is 3.21. The lowest BCUT2D eigenvalue weighted by Gasteiger charge is -2.30. The van der Waals surface area contributed by atoms with Crippen molar-refractivity contribution in [1.82, 2.24) is 14.5 Å². The molecule has 0 radical (unpaired) electrons. The normalized spacial score (nSPS) is 19.1. The van der Waals surface area contributed by atoms with Gasteiger partial charge in [0.2, 0.25) is 21.1 Å². The van der Waals surface area contributed by atoms with Gasteiger partial charge >= 0.3 is 0 Å². The molecule has 1 aliphatic heterocycles. The Morgan fingerprint density at radius 1 is 1.11 bits per heavy atom. The third-order valence-corrected chi connectivity index (χ3v) is 7.99. The van der Waals surface area contributed by atoms with Crippen LogP contribution in [0.2, 0.25) is 0 Å². The van der Waals surface area contributed by atoms with E-state index in [0.29, 0.717) is 41.9 Å². The molecule has 0 bridgehead atoms. The van der Waals surface area contributed by atoms with Gasteiger partial charge in [-0.15, -0.1) is 10.2 Å². The number of hydrogen-bond donors (Lipinski definition) is 1. The Balaban J connectivity index is 1.34. The smallest absolute Gasteiger partial charge is 0.243 e. The summed E-state index contributed by atoms with van der Waals surface area (Å²) in [6.07, 6.45) is 3.31. The first-order chi connectivity index (χ1) is 12.9. The van der Waals surface area contributed by atoms with Crippen molar-refractivity contribution >= 4 is 32.4 Å². The number of nitrogens with zero attached hydrogens (tertiary/aromatic N) is 3. The van der Waals surface area contributed by atoms with Crippen molar-refractivity contribution in [2.75, 3.05) is 18.4 Å². The summed E-state index contributed by atoms with van der Waals surface area (Å²) in [6, 6.07) is 6.86. The van der Waals surface area contributed by atoms with Crippen molar-refractivity contribution < 1.29 is 13.2 Å². The summed E-state index contributed by atoms with van der Waals surface area (Å²) in [5.41, 5.74) is 1.02. The fraction of sp³-hybridized carbons (Fsp3) is 0.500. The van der Waals surface area contributed by atoms with Crippen molar-refractivity contribution in [2.24, 2.45) is 5.92 Å². The number of aromatic nitrogens is 2. The molecule has 1 aromatic carbocycles. The Kier molecular flexibility index (Phi) is 5.00. The zero-order chi connectivity index (χ0) is 19.0. The number of amides is 1. The number of rotatable bonds is 5. The number of benzene rings is 1. The number of sulfonamides is 1. The van der Waals surface area contributed by atoms with Crippen molar-refractivity contribution in [3.8, 4) is 0 Å².